The van der Waals surface area contributed by atoms with Gasteiger partial charge in [0.1, 0.15) is 6.04 Å². The number of carboxylic acids is 1. The predicted molar refractivity (Wildman–Crippen MR) is 66.9 cm³/mol. The quantitative estimate of drug-likeness (QED) is 0.805. The Morgan fingerprint density at radius 1 is 1.32 bits per heavy atom. The zero-order valence-electron chi connectivity index (χ0n) is 10.4. The number of carbonyl (C=O) groups is 3. The van der Waals surface area contributed by atoms with Gasteiger partial charge in [-0.25, -0.2) is 4.79 Å². The molecule has 1 atom stereocenters. The molecule has 2 amide bonds. The largest absolute Gasteiger partial charge is 0.478 e. The fraction of sp³-hybridized carbons (Fsp3) is 0.308. The van der Waals surface area contributed by atoms with Crippen LogP contribution in [0.25, 0.3) is 0 Å². The highest BCUT2D eigenvalue weighted by atomic mass is 16.4. The van der Waals surface area contributed by atoms with Gasteiger partial charge in [-0.3, -0.25) is 9.59 Å². The smallest absolute Gasteiger partial charge is 0.336 e. The topological polar surface area (TPSA) is 86.7 Å². The summed E-state index contributed by atoms with van der Waals surface area (Å²) in [6, 6.07) is 5.42. The SMILES string of the molecule is CC1C(=O)NCCN1C(=O)c1ccccc1C(=O)O. The summed E-state index contributed by atoms with van der Waals surface area (Å²) in [5, 5.41) is 11.7. The van der Waals surface area contributed by atoms with Crippen LogP contribution in [0, 0.1) is 0 Å². The van der Waals surface area contributed by atoms with Crippen LogP contribution in [0.5, 0.6) is 0 Å². The Hall–Kier alpha value is -2.37. The molecule has 1 aliphatic heterocycles. The molecule has 1 saturated heterocycles. The van der Waals surface area contributed by atoms with Crippen molar-refractivity contribution in [1.29, 1.82) is 0 Å². The number of carboxylic acid groups (broad SMARTS) is 1. The van der Waals surface area contributed by atoms with Gasteiger partial charge in [0.05, 0.1) is 11.1 Å². The summed E-state index contributed by atoms with van der Waals surface area (Å²) < 4.78 is 0. The molecular formula is C13H14N2O4. The Balaban J connectivity index is 2.34. The summed E-state index contributed by atoms with van der Waals surface area (Å²) in [4.78, 5) is 36.4. The Labute approximate surface area is 110 Å². The van der Waals surface area contributed by atoms with Crippen molar-refractivity contribution in [3.8, 4) is 0 Å². The van der Waals surface area contributed by atoms with Gasteiger partial charge in [0.15, 0.2) is 0 Å². The van der Waals surface area contributed by atoms with Crippen molar-refractivity contribution in [3.63, 3.8) is 0 Å². The molecule has 0 saturated carbocycles. The van der Waals surface area contributed by atoms with Gasteiger partial charge < -0.3 is 15.3 Å². The molecule has 0 aromatic heterocycles. The first kappa shape index (κ1) is 13.1. The number of hydrogen-bond donors (Lipinski definition) is 2. The molecule has 0 radical (unpaired) electrons. The third-order valence-electron chi connectivity index (χ3n) is 3.15. The summed E-state index contributed by atoms with van der Waals surface area (Å²) in [5.74, 6) is -1.81. The fourth-order valence-corrected chi connectivity index (χ4v) is 2.07. The number of rotatable bonds is 2. The van der Waals surface area contributed by atoms with Crippen LogP contribution in [0.15, 0.2) is 24.3 Å². The highest BCUT2D eigenvalue weighted by Crippen LogP contribution is 2.15. The predicted octanol–water partition coefficient (Wildman–Crippen LogP) is 0.345. The first-order valence-corrected chi connectivity index (χ1v) is 5.93. The second-order valence-electron chi connectivity index (χ2n) is 4.32. The Bertz CT molecular complexity index is 541. The van der Waals surface area contributed by atoms with E-state index in [4.69, 9.17) is 5.11 Å². The molecule has 1 fully saturated rings. The maximum Gasteiger partial charge on any atom is 0.336 e. The van der Waals surface area contributed by atoms with Crippen molar-refractivity contribution in [1.82, 2.24) is 10.2 Å². The van der Waals surface area contributed by atoms with Gasteiger partial charge in [-0.05, 0) is 19.1 Å². The van der Waals surface area contributed by atoms with E-state index in [0.29, 0.717) is 13.1 Å². The molecule has 0 bridgehead atoms. The molecule has 6 nitrogen and oxygen atoms in total. The van der Waals surface area contributed by atoms with E-state index >= 15 is 0 Å². The van der Waals surface area contributed by atoms with Crippen molar-refractivity contribution in [2.45, 2.75) is 13.0 Å². The van der Waals surface area contributed by atoms with Gasteiger partial charge in [-0.1, -0.05) is 12.1 Å². The molecule has 6 heteroatoms. The normalized spacial score (nSPS) is 18.9. The number of nitrogens with one attached hydrogen (secondary N) is 1. The summed E-state index contributed by atoms with van der Waals surface area (Å²) in [6.07, 6.45) is 0. The second-order valence-corrected chi connectivity index (χ2v) is 4.32. The minimum Gasteiger partial charge on any atom is -0.478 e. The van der Waals surface area contributed by atoms with E-state index < -0.39 is 17.9 Å². The van der Waals surface area contributed by atoms with Crippen LogP contribution in [0.4, 0.5) is 0 Å². The van der Waals surface area contributed by atoms with Crippen molar-refractivity contribution in [2.75, 3.05) is 13.1 Å². The highest BCUT2D eigenvalue weighted by Gasteiger charge is 2.31. The maximum atomic E-state index is 12.4. The lowest BCUT2D eigenvalue weighted by molar-refractivity contribution is -0.127. The molecule has 1 aromatic carbocycles. The summed E-state index contributed by atoms with van der Waals surface area (Å²) in [6.45, 7) is 2.37. The lowest BCUT2D eigenvalue weighted by Crippen LogP contribution is -2.56. The highest BCUT2D eigenvalue weighted by molar-refractivity contribution is 6.06. The van der Waals surface area contributed by atoms with E-state index in [0.717, 1.165) is 0 Å². The Kier molecular flexibility index (Phi) is 3.50. The van der Waals surface area contributed by atoms with Gasteiger partial charge in [-0.15, -0.1) is 0 Å². The van der Waals surface area contributed by atoms with E-state index in [1.54, 1.807) is 19.1 Å². The molecule has 100 valence electrons. The summed E-state index contributed by atoms with van der Waals surface area (Å²) >= 11 is 0. The van der Waals surface area contributed by atoms with Crippen LogP contribution in [0.3, 0.4) is 0 Å². The molecular weight excluding hydrogens is 248 g/mol. The van der Waals surface area contributed by atoms with Crippen molar-refractivity contribution < 1.29 is 19.5 Å². The minimum absolute atomic E-state index is 0.0503. The molecule has 19 heavy (non-hydrogen) atoms. The fourth-order valence-electron chi connectivity index (χ4n) is 2.07. The second kappa shape index (κ2) is 5.09. The molecule has 1 unspecified atom stereocenters. The molecule has 1 aliphatic rings. The lowest BCUT2D eigenvalue weighted by atomic mass is 10.0. The van der Waals surface area contributed by atoms with E-state index in [9.17, 15) is 14.4 Å². The standard InChI is InChI=1S/C13H14N2O4/c1-8-11(16)14-6-7-15(8)12(17)9-4-2-3-5-10(9)13(18)19/h2-5,8H,6-7H2,1H3,(H,14,16)(H,18,19). The van der Waals surface area contributed by atoms with E-state index in [1.807, 2.05) is 0 Å². The number of benzene rings is 1. The summed E-state index contributed by atoms with van der Waals surface area (Å²) in [7, 11) is 0. The number of nitrogens with zero attached hydrogens (tertiary/aromatic N) is 1. The number of carbonyl (C=O) groups excluding carboxylic acids is 2. The van der Waals surface area contributed by atoms with E-state index in [2.05, 4.69) is 5.32 Å². The first-order valence-electron chi connectivity index (χ1n) is 5.93. The molecule has 1 heterocycles. The zero-order valence-corrected chi connectivity index (χ0v) is 10.4. The van der Waals surface area contributed by atoms with Crippen molar-refractivity contribution in [3.05, 3.63) is 35.4 Å². The van der Waals surface area contributed by atoms with Gasteiger partial charge >= 0.3 is 5.97 Å². The molecule has 0 spiro atoms. The maximum absolute atomic E-state index is 12.4. The van der Waals surface area contributed by atoms with E-state index in [1.165, 1.54) is 17.0 Å². The van der Waals surface area contributed by atoms with Crippen LogP contribution < -0.4 is 5.32 Å². The van der Waals surface area contributed by atoms with Crippen LogP contribution in [-0.2, 0) is 4.79 Å². The summed E-state index contributed by atoms with van der Waals surface area (Å²) in [5.41, 5.74) is 0.0576. The van der Waals surface area contributed by atoms with Gasteiger partial charge in [-0.2, -0.15) is 0 Å². The number of aromatic carboxylic acids is 1. The van der Waals surface area contributed by atoms with Gasteiger partial charge in [0, 0.05) is 13.1 Å². The van der Waals surface area contributed by atoms with E-state index in [-0.39, 0.29) is 17.0 Å². The van der Waals surface area contributed by atoms with Gasteiger partial charge in [0.2, 0.25) is 5.91 Å². The monoisotopic (exact) mass is 262 g/mol. The minimum atomic E-state index is -1.15. The van der Waals surface area contributed by atoms with Crippen LogP contribution >= 0.6 is 0 Å². The molecule has 2 N–H and O–H groups in total. The first-order chi connectivity index (χ1) is 9.02. The molecule has 1 aromatic rings. The number of hydrogen-bond acceptors (Lipinski definition) is 3. The third-order valence-corrected chi connectivity index (χ3v) is 3.15. The van der Waals surface area contributed by atoms with Crippen molar-refractivity contribution in [2.24, 2.45) is 0 Å². The lowest BCUT2D eigenvalue weighted by Gasteiger charge is -2.33. The van der Waals surface area contributed by atoms with Crippen LogP contribution in [0.1, 0.15) is 27.6 Å². The van der Waals surface area contributed by atoms with Crippen LogP contribution in [0.2, 0.25) is 0 Å². The number of piperazine rings is 1. The van der Waals surface area contributed by atoms with Crippen LogP contribution in [-0.4, -0.2) is 46.9 Å². The Morgan fingerprint density at radius 2 is 1.95 bits per heavy atom. The molecule has 2 rings (SSSR count). The third kappa shape index (κ3) is 2.42. The average Bonchev–Trinajstić information content (AvgIpc) is 2.41. The Morgan fingerprint density at radius 3 is 2.58 bits per heavy atom. The zero-order chi connectivity index (χ0) is 14.0. The van der Waals surface area contributed by atoms with Crippen molar-refractivity contribution >= 4 is 17.8 Å². The van der Waals surface area contributed by atoms with Gasteiger partial charge in [0.25, 0.3) is 5.91 Å². The number of amides is 2. The average molecular weight is 262 g/mol. The molecule has 0 aliphatic carbocycles.